The third-order valence-electron chi connectivity index (χ3n) is 3.12. The number of ether oxygens (including phenoxy) is 1. The maximum absolute atomic E-state index is 6.40. The van der Waals surface area contributed by atoms with E-state index >= 15 is 0 Å². The smallest absolute Gasteiger partial charge is 0.127 e. The molecule has 0 bridgehead atoms. The Labute approximate surface area is 130 Å². The van der Waals surface area contributed by atoms with E-state index in [1.165, 1.54) is 11.3 Å². The van der Waals surface area contributed by atoms with Gasteiger partial charge in [0.05, 0.1) is 17.5 Å². The number of hydrogen-bond donors (Lipinski definition) is 1. The Morgan fingerprint density at radius 1 is 1.37 bits per heavy atom. The van der Waals surface area contributed by atoms with Gasteiger partial charge in [0.25, 0.3) is 0 Å². The van der Waals surface area contributed by atoms with Gasteiger partial charge in [-0.1, -0.05) is 27.5 Å². The molecular weight excluding hydrogens is 346 g/mol. The van der Waals surface area contributed by atoms with Crippen LogP contribution in [0.5, 0.6) is 5.75 Å². The van der Waals surface area contributed by atoms with Gasteiger partial charge in [0.15, 0.2) is 0 Å². The van der Waals surface area contributed by atoms with Crippen LogP contribution in [0.3, 0.4) is 0 Å². The molecule has 2 N–H and O–H groups in total. The van der Waals surface area contributed by atoms with Crippen LogP contribution in [0, 0.1) is 13.8 Å². The Hall–Kier alpha value is -0.550. The van der Waals surface area contributed by atoms with Crippen LogP contribution in [-0.2, 0) is 0 Å². The zero-order chi connectivity index (χ0) is 14.2. The van der Waals surface area contributed by atoms with E-state index in [1.807, 2.05) is 32.0 Å². The molecular formula is C14H15BrClNOS. The maximum Gasteiger partial charge on any atom is 0.127 e. The van der Waals surface area contributed by atoms with Crippen LogP contribution in [0.1, 0.15) is 27.6 Å². The number of benzene rings is 1. The van der Waals surface area contributed by atoms with E-state index in [0.717, 1.165) is 36.1 Å². The Kier molecular flexibility index (Phi) is 4.56. The lowest BCUT2D eigenvalue weighted by molar-refractivity contribution is 0.404. The molecule has 102 valence electrons. The number of nitrogens with two attached hydrogens (primary N) is 1. The van der Waals surface area contributed by atoms with Gasteiger partial charge >= 0.3 is 0 Å². The summed E-state index contributed by atoms with van der Waals surface area (Å²) in [4.78, 5) is 1.03. The lowest BCUT2D eigenvalue weighted by atomic mass is 9.97. The van der Waals surface area contributed by atoms with Crippen molar-refractivity contribution >= 4 is 38.9 Å². The summed E-state index contributed by atoms with van der Waals surface area (Å²) >= 11 is 11.1. The van der Waals surface area contributed by atoms with Gasteiger partial charge in [-0.2, -0.15) is 0 Å². The van der Waals surface area contributed by atoms with Gasteiger partial charge in [0, 0.05) is 14.9 Å². The van der Waals surface area contributed by atoms with Crippen LogP contribution in [0.2, 0.25) is 4.34 Å². The summed E-state index contributed by atoms with van der Waals surface area (Å²) in [5.41, 5.74) is 9.56. The summed E-state index contributed by atoms with van der Waals surface area (Å²) in [5, 5.41) is 0. The van der Waals surface area contributed by atoms with E-state index in [0.29, 0.717) is 0 Å². The van der Waals surface area contributed by atoms with Gasteiger partial charge in [-0.15, -0.1) is 11.3 Å². The highest BCUT2D eigenvalue weighted by Gasteiger charge is 2.21. The number of rotatable bonds is 3. The average molecular weight is 361 g/mol. The third kappa shape index (κ3) is 2.82. The van der Waals surface area contributed by atoms with Crippen molar-refractivity contribution in [1.29, 1.82) is 0 Å². The molecule has 1 atom stereocenters. The Bertz CT molecular complexity index is 612. The predicted octanol–water partition coefficient (Wildman–Crippen LogP) is 4.84. The van der Waals surface area contributed by atoms with Crippen molar-refractivity contribution < 1.29 is 4.74 Å². The monoisotopic (exact) mass is 359 g/mol. The number of thiophene rings is 1. The van der Waals surface area contributed by atoms with E-state index in [4.69, 9.17) is 22.1 Å². The minimum Gasteiger partial charge on any atom is -0.496 e. The first-order chi connectivity index (χ1) is 8.95. The molecule has 0 saturated carbocycles. The number of aryl methyl sites for hydroxylation is 1. The first kappa shape index (κ1) is 14.9. The molecule has 0 amide bonds. The molecule has 0 aliphatic carbocycles. The van der Waals surface area contributed by atoms with Crippen molar-refractivity contribution in [1.82, 2.24) is 0 Å². The minimum absolute atomic E-state index is 0.233. The highest BCUT2D eigenvalue weighted by Crippen LogP contribution is 2.39. The second-order valence-electron chi connectivity index (χ2n) is 4.37. The molecule has 1 unspecified atom stereocenters. The van der Waals surface area contributed by atoms with Gasteiger partial charge in [-0.05, 0) is 43.2 Å². The second-order valence-corrected chi connectivity index (χ2v) is 6.97. The zero-order valence-corrected chi connectivity index (χ0v) is 14.1. The van der Waals surface area contributed by atoms with E-state index in [2.05, 4.69) is 15.9 Å². The van der Waals surface area contributed by atoms with Gasteiger partial charge in [0.2, 0.25) is 0 Å². The lowest BCUT2D eigenvalue weighted by Gasteiger charge is -2.20. The fraction of sp³-hybridized carbons (Fsp3) is 0.286. The largest absolute Gasteiger partial charge is 0.496 e. The molecule has 2 aromatic rings. The van der Waals surface area contributed by atoms with Crippen LogP contribution < -0.4 is 10.5 Å². The SMILES string of the molecule is COc1c(C)cc(Br)c(C)c1C(N)c1ccc(Cl)s1. The van der Waals surface area contributed by atoms with Crippen LogP contribution in [0.25, 0.3) is 0 Å². The molecule has 19 heavy (non-hydrogen) atoms. The van der Waals surface area contributed by atoms with Crippen molar-refractivity contribution in [3.63, 3.8) is 0 Å². The molecule has 2 rings (SSSR count). The average Bonchev–Trinajstić information content (AvgIpc) is 2.79. The van der Waals surface area contributed by atoms with Crippen molar-refractivity contribution in [2.75, 3.05) is 7.11 Å². The summed E-state index contributed by atoms with van der Waals surface area (Å²) in [6.45, 7) is 4.05. The van der Waals surface area contributed by atoms with E-state index in [9.17, 15) is 0 Å². The molecule has 2 nitrogen and oxygen atoms in total. The van der Waals surface area contributed by atoms with E-state index in [1.54, 1.807) is 7.11 Å². The number of halogens is 2. The quantitative estimate of drug-likeness (QED) is 0.850. The van der Waals surface area contributed by atoms with Crippen molar-refractivity contribution in [3.8, 4) is 5.75 Å². The molecule has 0 aliphatic heterocycles. The van der Waals surface area contributed by atoms with Gasteiger partial charge in [0.1, 0.15) is 5.75 Å². The first-order valence-corrected chi connectivity index (χ1v) is 7.78. The highest BCUT2D eigenvalue weighted by atomic mass is 79.9. The van der Waals surface area contributed by atoms with Crippen molar-refractivity contribution in [2.45, 2.75) is 19.9 Å². The zero-order valence-electron chi connectivity index (χ0n) is 11.0. The van der Waals surface area contributed by atoms with Gasteiger partial charge in [-0.3, -0.25) is 0 Å². The molecule has 0 radical (unpaired) electrons. The molecule has 0 saturated heterocycles. The van der Waals surface area contributed by atoms with Gasteiger partial charge in [-0.25, -0.2) is 0 Å². The Morgan fingerprint density at radius 2 is 2.05 bits per heavy atom. The molecule has 1 heterocycles. The molecule has 5 heteroatoms. The maximum atomic E-state index is 6.40. The minimum atomic E-state index is -0.233. The summed E-state index contributed by atoms with van der Waals surface area (Å²) in [7, 11) is 1.67. The standard InChI is InChI=1S/C14H15BrClNOS/c1-7-6-9(15)8(2)12(14(7)18-3)13(17)10-4-5-11(16)19-10/h4-6,13H,17H2,1-3H3. The van der Waals surface area contributed by atoms with Crippen LogP contribution in [0.4, 0.5) is 0 Å². The summed E-state index contributed by atoms with van der Waals surface area (Å²) in [5.74, 6) is 0.845. The Balaban J connectivity index is 2.60. The number of hydrogen-bond acceptors (Lipinski definition) is 3. The van der Waals surface area contributed by atoms with Crippen LogP contribution in [-0.4, -0.2) is 7.11 Å². The summed E-state index contributed by atoms with van der Waals surface area (Å²) in [6.07, 6.45) is 0. The normalized spacial score (nSPS) is 12.5. The molecule has 0 aliphatic rings. The summed E-state index contributed by atoms with van der Waals surface area (Å²) in [6, 6.07) is 5.65. The lowest BCUT2D eigenvalue weighted by Crippen LogP contribution is -2.14. The van der Waals surface area contributed by atoms with Crippen molar-refractivity contribution in [3.05, 3.63) is 48.6 Å². The summed E-state index contributed by atoms with van der Waals surface area (Å²) < 4.78 is 7.32. The first-order valence-electron chi connectivity index (χ1n) is 5.80. The van der Waals surface area contributed by atoms with E-state index < -0.39 is 0 Å². The predicted molar refractivity (Wildman–Crippen MR) is 85.5 cm³/mol. The topological polar surface area (TPSA) is 35.2 Å². The molecule has 1 aromatic heterocycles. The van der Waals surface area contributed by atoms with Crippen molar-refractivity contribution in [2.24, 2.45) is 5.73 Å². The van der Waals surface area contributed by atoms with E-state index in [-0.39, 0.29) is 6.04 Å². The second kappa shape index (κ2) is 5.83. The molecule has 1 aromatic carbocycles. The molecule has 0 spiro atoms. The van der Waals surface area contributed by atoms with Gasteiger partial charge < -0.3 is 10.5 Å². The van der Waals surface area contributed by atoms with Crippen LogP contribution in [0.15, 0.2) is 22.7 Å². The van der Waals surface area contributed by atoms with Crippen LogP contribution >= 0.6 is 38.9 Å². The number of methoxy groups -OCH3 is 1. The molecule has 0 fully saturated rings. The third-order valence-corrected chi connectivity index (χ3v) is 5.26. The fourth-order valence-corrected chi connectivity index (χ4v) is 3.79. The fourth-order valence-electron chi connectivity index (χ4n) is 2.16. The highest BCUT2D eigenvalue weighted by molar-refractivity contribution is 9.10. The Morgan fingerprint density at radius 3 is 2.58 bits per heavy atom.